The van der Waals surface area contributed by atoms with Crippen LogP contribution in [0.5, 0.6) is 5.75 Å². The van der Waals surface area contributed by atoms with Crippen LogP contribution in [0.25, 0.3) is 0 Å². The second-order valence-corrected chi connectivity index (χ2v) is 4.78. The lowest BCUT2D eigenvalue weighted by Gasteiger charge is -2.22. The third-order valence-corrected chi connectivity index (χ3v) is 2.70. The van der Waals surface area contributed by atoms with Gasteiger partial charge in [0.25, 0.3) is 0 Å². The summed E-state index contributed by atoms with van der Waals surface area (Å²) < 4.78 is 24.2. The van der Waals surface area contributed by atoms with Crippen LogP contribution in [-0.4, -0.2) is 33.4 Å². The Hall–Kier alpha value is -1.49. The fourth-order valence-corrected chi connectivity index (χ4v) is 1.80. The largest absolute Gasteiger partial charge is 0.488 e. The molecule has 0 atom stereocenters. The number of benzene rings is 1. The average molecular weight is 270 g/mol. The first-order valence-electron chi connectivity index (χ1n) is 6.41. The molecule has 0 aliphatic rings. The Bertz CT molecular complexity index is 411. The third kappa shape index (κ3) is 4.59. The van der Waals surface area contributed by atoms with Crippen LogP contribution in [0.3, 0.4) is 0 Å². The number of rotatable bonds is 7. The van der Waals surface area contributed by atoms with E-state index >= 15 is 0 Å². The minimum atomic E-state index is -0.430. The molecule has 0 spiro atoms. The van der Waals surface area contributed by atoms with E-state index < -0.39 is 5.82 Å². The highest BCUT2D eigenvalue weighted by molar-refractivity contribution is 5.69. The minimum absolute atomic E-state index is 0.0789. The van der Waals surface area contributed by atoms with Crippen molar-refractivity contribution in [2.24, 2.45) is 0 Å². The molecule has 108 valence electrons. The number of nitrogen functional groups attached to an aromatic ring is 1. The lowest BCUT2D eigenvalue weighted by atomic mass is 10.2. The van der Waals surface area contributed by atoms with E-state index in [0.717, 1.165) is 18.7 Å². The summed E-state index contributed by atoms with van der Waals surface area (Å²) in [7, 11) is 3.58. The smallest absolute Gasteiger partial charge is 0.167 e. The highest BCUT2D eigenvalue weighted by Crippen LogP contribution is 2.31. The number of anilines is 2. The van der Waals surface area contributed by atoms with E-state index in [1.54, 1.807) is 13.2 Å². The highest BCUT2D eigenvalue weighted by atomic mass is 19.1. The van der Waals surface area contributed by atoms with Gasteiger partial charge in [-0.25, -0.2) is 4.39 Å². The molecule has 2 N–H and O–H groups in total. The summed E-state index contributed by atoms with van der Waals surface area (Å²) in [6, 6.07) is 2.96. The molecule has 0 aliphatic carbocycles. The lowest BCUT2D eigenvalue weighted by Crippen LogP contribution is -2.21. The molecule has 0 bridgehead atoms. The summed E-state index contributed by atoms with van der Waals surface area (Å²) in [6.45, 7) is 5.18. The third-order valence-electron chi connectivity index (χ3n) is 2.70. The maximum atomic E-state index is 13.7. The number of nitrogens with zero attached hydrogens (tertiary/aromatic N) is 1. The molecule has 0 heterocycles. The fraction of sp³-hybridized carbons (Fsp3) is 0.571. The van der Waals surface area contributed by atoms with E-state index in [0.29, 0.717) is 12.3 Å². The molecule has 0 aromatic heterocycles. The maximum absolute atomic E-state index is 13.7. The second-order valence-electron chi connectivity index (χ2n) is 4.78. The normalized spacial score (nSPS) is 10.8. The van der Waals surface area contributed by atoms with Crippen molar-refractivity contribution >= 4 is 11.4 Å². The first-order valence-corrected chi connectivity index (χ1v) is 6.41. The number of ether oxygens (including phenoxy) is 2. The van der Waals surface area contributed by atoms with Crippen LogP contribution in [0, 0.1) is 5.82 Å². The van der Waals surface area contributed by atoms with Crippen molar-refractivity contribution in [2.45, 2.75) is 26.4 Å². The van der Waals surface area contributed by atoms with Crippen LogP contribution >= 0.6 is 0 Å². The Morgan fingerprint density at radius 3 is 2.63 bits per heavy atom. The van der Waals surface area contributed by atoms with E-state index in [4.69, 9.17) is 15.2 Å². The first-order chi connectivity index (χ1) is 8.95. The topological polar surface area (TPSA) is 47.7 Å². The Morgan fingerprint density at radius 1 is 1.37 bits per heavy atom. The van der Waals surface area contributed by atoms with Crippen molar-refractivity contribution in [3.05, 3.63) is 17.9 Å². The van der Waals surface area contributed by atoms with E-state index in [2.05, 4.69) is 0 Å². The number of halogens is 1. The molecule has 4 nitrogen and oxygen atoms in total. The molecule has 0 amide bonds. The molecule has 1 aromatic rings. The van der Waals surface area contributed by atoms with Crippen LogP contribution in [0.1, 0.15) is 20.3 Å². The quantitative estimate of drug-likeness (QED) is 0.611. The van der Waals surface area contributed by atoms with Crippen molar-refractivity contribution in [3.8, 4) is 5.75 Å². The number of hydrogen-bond acceptors (Lipinski definition) is 4. The number of nitrogens with two attached hydrogens (primary N) is 1. The first kappa shape index (κ1) is 15.6. The van der Waals surface area contributed by atoms with Gasteiger partial charge in [0, 0.05) is 39.4 Å². The van der Waals surface area contributed by atoms with Gasteiger partial charge in [-0.3, -0.25) is 0 Å². The van der Waals surface area contributed by atoms with Crippen LogP contribution in [-0.2, 0) is 4.74 Å². The molecule has 0 saturated heterocycles. The summed E-state index contributed by atoms with van der Waals surface area (Å²) in [5.74, 6) is -0.196. The number of methoxy groups -OCH3 is 1. The van der Waals surface area contributed by atoms with Gasteiger partial charge in [0.1, 0.15) is 0 Å². The molecule has 1 aromatic carbocycles. The van der Waals surface area contributed by atoms with Crippen molar-refractivity contribution in [3.63, 3.8) is 0 Å². The van der Waals surface area contributed by atoms with Crippen LogP contribution in [0.4, 0.5) is 15.8 Å². The lowest BCUT2D eigenvalue weighted by molar-refractivity contribution is 0.196. The molecule has 5 heteroatoms. The molecule has 0 aliphatic heterocycles. The van der Waals surface area contributed by atoms with Gasteiger partial charge in [-0.15, -0.1) is 0 Å². The molecule has 19 heavy (non-hydrogen) atoms. The molecular weight excluding hydrogens is 247 g/mol. The summed E-state index contributed by atoms with van der Waals surface area (Å²) in [5, 5.41) is 0. The monoisotopic (exact) mass is 270 g/mol. The minimum Gasteiger partial charge on any atom is -0.488 e. The van der Waals surface area contributed by atoms with Crippen molar-refractivity contribution in [2.75, 3.05) is 37.9 Å². The summed E-state index contributed by atoms with van der Waals surface area (Å²) in [6.07, 6.45) is 0.800. The SMILES string of the molecule is COCCCN(C)c1cc(OC(C)C)c(F)cc1N. The summed E-state index contributed by atoms with van der Waals surface area (Å²) in [5.41, 5.74) is 7.04. The standard InChI is InChI=1S/C14H23FN2O2/c1-10(2)19-14-9-13(12(16)8-11(14)15)17(3)6-5-7-18-4/h8-10H,5-7,16H2,1-4H3. The van der Waals surface area contributed by atoms with E-state index in [-0.39, 0.29) is 11.9 Å². The van der Waals surface area contributed by atoms with Gasteiger partial charge in [-0.05, 0) is 20.3 Å². The molecular formula is C14H23FN2O2. The van der Waals surface area contributed by atoms with Gasteiger partial charge in [0.15, 0.2) is 11.6 Å². The predicted molar refractivity (Wildman–Crippen MR) is 76.3 cm³/mol. The molecule has 0 fully saturated rings. The van der Waals surface area contributed by atoms with Crippen LogP contribution in [0.15, 0.2) is 12.1 Å². The zero-order chi connectivity index (χ0) is 14.4. The van der Waals surface area contributed by atoms with E-state index in [1.165, 1.54) is 6.07 Å². The fourth-order valence-electron chi connectivity index (χ4n) is 1.80. The average Bonchev–Trinajstić information content (AvgIpc) is 2.32. The predicted octanol–water partition coefficient (Wildman–Crippen LogP) is 2.67. The van der Waals surface area contributed by atoms with Crippen molar-refractivity contribution in [1.29, 1.82) is 0 Å². The van der Waals surface area contributed by atoms with Crippen molar-refractivity contribution < 1.29 is 13.9 Å². The van der Waals surface area contributed by atoms with Gasteiger partial charge in [-0.2, -0.15) is 0 Å². The van der Waals surface area contributed by atoms with E-state index in [9.17, 15) is 4.39 Å². The van der Waals surface area contributed by atoms with Gasteiger partial charge in [0.2, 0.25) is 0 Å². The molecule has 0 radical (unpaired) electrons. The Morgan fingerprint density at radius 2 is 2.05 bits per heavy atom. The van der Waals surface area contributed by atoms with Gasteiger partial charge in [-0.1, -0.05) is 0 Å². The highest BCUT2D eigenvalue weighted by Gasteiger charge is 2.13. The van der Waals surface area contributed by atoms with Crippen molar-refractivity contribution in [1.82, 2.24) is 0 Å². The van der Waals surface area contributed by atoms with E-state index in [1.807, 2.05) is 25.8 Å². The summed E-state index contributed by atoms with van der Waals surface area (Å²) >= 11 is 0. The number of hydrogen-bond donors (Lipinski definition) is 1. The Balaban J connectivity index is 2.87. The molecule has 1 rings (SSSR count). The van der Waals surface area contributed by atoms with Gasteiger partial charge in [0.05, 0.1) is 17.5 Å². The zero-order valence-electron chi connectivity index (χ0n) is 12.1. The Kier molecular flexibility index (Phi) is 5.89. The van der Waals surface area contributed by atoms with Gasteiger partial charge >= 0.3 is 0 Å². The molecule has 0 unspecified atom stereocenters. The summed E-state index contributed by atoms with van der Waals surface area (Å²) in [4.78, 5) is 1.97. The maximum Gasteiger partial charge on any atom is 0.167 e. The van der Waals surface area contributed by atoms with Gasteiger partial charge < -0.3 is 20.1 Å². The van der Waals surface area contributed by atoms with Crippen LogP contribution < -0.4 is 15.4 Å². The zero-order valence-corrected chi connectivity index (χ0v) is 12.1. The Labute approximate surface area is 114 Å². The molecule has 0 saturated carbocycles. The second kappa shape index (κ2) is 7.19. The van der Waals surface area contributed by atoms with Crippen LogP contribution in [0.2, 0.25) is 0 Å².